The lowest BCUT2D eigenvalue weighted by molar-refractivity contribution is -0.149. The molecule has 0 saturated heterocycles. The number of aliphatic hydroxyl groups is 3. The highest BCUT2D eigenvalue weighted by molar-refractivity contribution is 6.24. The number of aliphatic hydroxyl groups excluding tert-OH is 2. The fourth-order valence-corrected chi connectivity index (χ4v) is 5.44. The highest BCUT2D eigenvalue weighted by atomic mass is 16.5. The van der Waals surface area contributed by atoms with Crippen LogP contribution < -0.4 is 11.5 Å². The Hall–Kier alpha value is -3.96. The van der Waals surface area contributed by atoms with Crippen molar-refractivity contribution in [3.05, 3.63) is 51.9 Å². The number of hydrogen-bond acceptors (Lipinski definition) is 10. The van der Waals surface area contributed by atoms with E-state index in [-0.39, 0.29) is 29.7 Å². The number of carbonyl (C=O) groups excluding carboxylic acids is 3. The molecule has 2 aromatic rings. The van der Waals surface area contributed by atoms with Crippen LogP contribution in [0.25, 0.3) is 17.1 Å². The Morgan fingerprint density at radius 1 is 1.24 bits per heavy atom. The molecule has 5 rings (SSSR count). The molecule has 8 N–H and O–H groups in total. The molecule has 4 atom stereocenters. The van der Waals surface area contributed by atoms with Crippen LogP contribution in [0, 0.1) is 18.8 Å². The number of nitrogens with zero attached hydrogens (tertiary/aromatic N) is 1. The van der Waals surface area contributed by atoms with Crippen LogP contribution in [0.15, 0.2) is 39.6 Å². The van der Waals surface area contributed by atoms with Gasteiger partial charge >= 0.3 is 0 Å². The minimum absolute atomic E-state index is 0.0250. The molecule has 0 radical (unpaired) electrons. The topological polar surface area (TPSA) is 210 Å². The van der Waals surface area contributed by atoms with E-state index in [2.05, 4.69) is 5.16 Å². The summed E-state index contributed by atoms with van der Waals surface area (Å²) in [4.78, 5) is 37.9. The van der Waals surface area contributed by atoms with Crippen molar-refractivity contribution < 1.29 is 39.3 Å². The van der Waals surface area contributed by atoms with Crippen LogP contribution in [0.2, 0.25) is 0 Å². The zero-order chi connectivity index (χ0) is 24.7. The normalized spacial score (nSPS) is 28.5. The van der Waals surface area contributed by atoms with Crippen molar-refractivity contribution in [3.63, 3.8) is 0 Å². The summed E-state index contributed by atoms with van der Waals surface area (Å²) in [6, 6.07) is 3.11. The highest BCUT2D eigenvalue weighted by Gasteiger charge is 2.63. The Morgan fingerprint density at radius 3 is 2.56 bits per heavy atom. The van der Waals surface area contributed by atoms with Gasteiger partial charge < -0.3 is 36.4 Å². The number of carbonyl (C=O) groups is 3. The Kier molecular flexibility index (Phi) is 4.51. The van der Waals surface area contributed by atoms with Crippen molar-refractivity contribution in [1.82, 2.24) is 5.16 Å². The van der Waals surface area contributed by atoms with Gasteiger partial charge in [0.15, 0.2) is 17.1 Å². The summed E-state index contributed by atoms with van der Waals surface area (Å²) in [5, 5.41) is 47.5. The number of ketones is 2. The van der Waals surface area contributed by atoms with Gasteiger partial charge in [0.05, 0.1) is 17.3 Å². The Labute approximate surface area is 192 Å². The van der Waals surface area contributed by atoms with Crippen molar-refractivity contribution >= 4 is 23.2 Å². The second kappa shape index (κ2) is 7.02. The number of fused-ring (bicyclic) bond motifs is 3. The van der Waals surface area contributed by atoms with Crippen LogP contribution in [0.1, 0.15) is 23.2 Å². The van der Waals surface area contributed by atoms with Gasteiger partial charge in [0.2, 0.25) is 5.78 Å². The summed E-state index contributed by atoms with van der Waals surface area (Å²) in [6.45, 7) is 1.73. The van der Waals surface area contributed by atoms with Gasteiger partial charge in [-0.25, -0.2) is 0 Å². The van der Waals surface area contributed by atoms with Crippen molar-refractivity contribution in [2.45, 2.75) is 31.4 Å². The third kappa shape index (κ3) is 2.65. The smallest absolute Gasteiger partial charge is 0.255 e. The lowest BCUT2D eigenvalue weighted by Crippen LogP contribution is -2.65. The molecule has 1 saturated carbocycles. The van der Waals surface area contributed by atoms with Gasteiger partial charge in [0.25, 0.3) is 5.91 Å². The zero-order valence-corrected chi connectivity index (χ0v) is 17.9. The van der Waals surface area contributed by atoms with E-state index >= 15 is 0 Å². The predicted molar refractivity (Wildman–Crippen MR) is 115 cm³/mol. The summed E-state index contributed by atoms with van der Waals surface area (Å²) in [6.07, 6.45) is 0.0548. The van der Waals surface area contributed by atoms with Gasteiger partial charge in [-0.3, -0.25) is 14.4 Å². The average Bonchev–Trinajstić information content (AvgIpc) is 3.20. The third-order valence-corrected chi connectivity index (χ3v) is 7.03. The number of nitrogens with two attached hydrogens (primary N) is 2. The number of phenolic OH excluding ortho intramolecular Hbond substituents is 1. The third-order valence-electron chi connectivity index (χ3n) is 7.03. The first-order valence-electron chi connectivity index (χ1n) is 10.5. The quantitative estimate of drug-likeness (QED) is 0.333. The van der Waals surface area contributed by atoms with E-state index in [1.165, 1.54) is 6.07 Å². The average molecular weight is 467 g/mol. The Balaban J connectivity index is 1.73. The van der Waals surface area contributed by atoms with Gasteiger partial charge in [-0.2, -0.15) is 0 Å². The minimum atomic E-state index is -2.73. The summed E-state index contributed by atoms with van der Waals surface area (Å²) >= 11 is 0. The van der Waals surface area contributed by atoms with Crippen molar-refractivity contribution in [2.24, 2.45) is 23.3 Å². The molecule has 11 heteroatoms. The van der Waals surface area contributed by atoms with Gasteiger partial charge in [-0.05, 0) is 43.4 Å². The van der Waals surface area contributed by atoms with Crippen LogP contribution >= 0.6 is 0 Å². The number of aromatic hydroxyl groups is 1. The molecule has 4 unspecified atom stereocenters. The summed E-state index contributed by atoms with van der Waals surface area (Å²) in [5.41, 5.74) is 8.89. The number of amides is 1. The van der Waals surface area contributed by atoms with E-state index in [4.69, 9.17) is 16.0 Å². The van der Waals surface area contributed by atoms with Gasteiger partial charge in [-0.15, -0.1) is 0 Å². The SMILES string of the molecule is Cc1cc(-c2ccc(O)c3c2CC2CC4C(N)C(=O)C(C(N)=O)=C(O)C4(O)C(=O)C2=C3O)on1. The van der Waals surface area contributed by atoms with E-state index < -0.39 is 58.0 Å². The fourth-order valence-electron chi connectivity index (χ4n) is 5.44. The molecule has 1 amide bonds. The molecule has 176 valence electrons. The largest absolute Gasteiger partial charge is 0.508 e. The maximum Gasteiger partial charge on any atom is 0.255 e. The van der Waals surface area contributed by atoms with E-state index in [1.807, 2.05) is 0 Å². The van der Waals surface area contributed by atoms with Crippen molar-refractivity contribution in [2.75, 3.05) is 0 Å². The first-order chi connectivity index (χ1) is 16.0. The second-order valence-corrected chi connectivity index (χ2v) is 8.90. The molecule has 3 aliphatic carbocycles. The fraction of sp³-hybridized carbons (Fsp3) is 0.304. The molecule has 1 heterocycles. The van der Waals surface area contributed by atoms with Gasteiger partial charge in [0.1, 0.15) is 22.8 Å². The molecule has 34 heavy (non-hydrogen) atoms. The lowest BCUT2D eigenvalue weighted by atomic mass is 9.57. The van der Waals surface area contributed by atoms with Crippen molar-refractivity contribution in [3.8, 4) is 17.1 Å². The summed E-state index contributed by atoms with van der Waals surface area (Å²) in [7, 11) is 0. The molecule has 0 aliphatic heterocycles. The Bertz CT molecular complexity index is 1370. The number of aryl methyl sites for hydroxylation is 1. The highest BCUT2D eigenvalue weighted by Crippen LogP contribution is 2.52. The standard InChI is InChI=1S/C23H21N3O8/c1-7-4-13(34-26-7)9-2-3-12(27)15-10(9)5-8-6-11-17(24)19(29)16(22(25)32)21(31)23(11,33)20(30)14(8)18(15)28/h2-4,8,11,17,27-28,31,33H,5-6,24H2,1H3,(H2,25,32). The molecular weight excluding hydrogens is 446 g/mol. The number of hydrogen-bond donors (Lipinski definition) is 6. The van der Waals surface area contributed by atoms with E-state index in [0.29, 0.717) is 22.6 Å². The first-order valence-corrected chi connectivity index (χ1v) is 10.5. The van der Waals surface area contributed by atoms with Crippen LogP contribution in [0.3, 0.4) is 0 Å². The molecule has 3 aliphatic rings. The van der Waals surface area contributed by atoms with E-state index in [1.54, 1.807) is 19.1 Å². The second-order valence-electron chi connectivity index (χ2n) is 8.90. The molecule has 0 bridgehead atoms. The Morgan fingerprint density at radius 2 is 1.94 bits per heavy atom. The minimum Gasteiger partial charge on any atom is -0.508 e. The van der Waals surface area contributed by atoms with Gasteiger partial charge in [-0.1, -0.05) is 5.16 Å². The number of primary amides is 1. The first kappa shape index (κ1) is 21.9. The van der Waals surface area contributed by atoms with Crippen LogP contribution in [-0.2, 0) is 20.8 Å². The number of aromatic nitrogens is 1. The number of rotatable bonds is 2. The molecule has 1 aromatic carbocycles. The van der Waals surface area contributed by atoms with E-state index in [0.717, 1.165) is 0 Å². The van der Waals surface area contributed by atoms with Gasteiger partial charge in [0, 0.05) is 23.1 Å². The van der Waals surface area contributed by atoms with Crippen LogP contribution in [0.4, 0.5) is 0 Å². The molecular formula is C23H21N3O8. The number of benzene rings is 1. The molecule has 11 nitrogen and oxygen atoms in total. The van der Waals surface area contributed by atoms with E-state index in [9.17, 15) is 34.8 Å². The van der Waals surface area contributed by atoms with Crippen LogP contribution in [0.5, 0.6) is 5.75 Å². The van der Waals surface area contributed by atoms with Crippen LogP contribution in [-0.4, -0.2) is 54.7 Å². The number of Topliss-reactive ketones (excluding diaryl/α,β-unsaturated/α-hetero) is 2. The van der Waals surface area contributed by atoms with Crippen molar-refractivity contribution in [1.29, 1.82) is 0 Å². The lowest BCUT2D eigenvalue weighted by Gasteiger charge is -2.48. The maximum absolute atomic E-state index is 13.5. The molecule has 0 spiro atoms. The molecule has 1 aromatic heterocycles. The number of phenols is 1. The monoisotopic (exact) mass is 467 g/mol. The summed E-state index contributed by atoms with van der Waals surface area (Å²) in [5.74, 6) is -7.10. The molecule has 1 fully saturated rings. The zero-order valence-electron chi connectivity index (χ0n) is 17.9. The summed E-state index contributed by atoms with van der Waals surface area (Å²) < 4.78 is 5.35. The maximum atomic E-state index is 13.5. The predicted octanol–water partition coefficient (Wildman–Crippen LogP) is 0.325.